The molecule has 1 N–H and O–H groups in total. The highest BCUT2D eigenvalue weighted by Gasteiger charge is 2.37. The number of hydrogen-bond acceptors (Lipinski definition) is 3. The van der Waals surface area contributed by atoms with Crippen molar-refractivity contribution in [2.24, 2.45) is 5.92 Å². The number of aliphatic hydroxyl groups is 1. The molecule has 1 aromatic rings. The highest BCUT2D eigenvalue weighted by Crippen LogP contribution is 2.32. The van der Waals surface area contributed by atoms with E-state index in [1.54, 1.807) is 13.8 Å². The molecule has 0 aromatic heterocycles. The second kappa shape index (κ2) is 4.88. The highest BCUT2D eigenvalue weighted by molar-refractivity contribution is 5.73. The SMILES string of the molecule is COC(=O)C(C)C(C)(O)c1cc(C)ccc1C. The van der Waals surface area contributed by atoms with Crippen LogP contribution in [0, 0.1) is 19.8 Å². The van der Waals surface area contributed by atoms with Crippen LogP contribution in [-0.2, 0) is 15.1 Å². The Kier molecular flexibility index (Phi) is 3.94. The van der Waals surface area contributed by atoms with Gasteiger partial charge in [0.2, 0.25) is 0 Å². The largest absolute Gasteiger partial charge is 0.469 e. The van der Waals surface area contributed by atoms with Gasteiger partial charge in [-0.05, 0) is 38.8 Å². The van der Waals surface area contributed by atoms with Crippen LogP contribution in [0.3, 0.4) is 0 Å². The van der Waals surface area contributed by atoms with E-state index in [4.69, 9.17) is 4.74 Å². The maximum absolute atomic E-state index is 11.5. The molecule has 1 rings (SSSR count). The van der Waals surface area contributed by atoms with Crippen LogP contribution in [0.5, 0.6) is 0 Å². The number of carbonyl (C=O) groups is 1. The van der Waals surface area contributed by atoms with Gasteiger partial charge in [-0.15, -0.1) is 0 Å². The zero-order chi connectivity index (χ0) is 13.2. The molecule has 0 heterocycles. The van der Waals surface area contributed by atoms with Crippen molar-refractivity contribution in [3.63, 3.8) is 0 Å². The van der Waals surface area contributed by atoms with E-state index in [1.165, 1.54) is 7.11 Å². The van der Waals surface area contributed by atoms with E-state index in [1.807, 2.05) is 32.0 Å². The van der Waals surface area contributed by atoms with E-state index in [0.717, 1.165) is 16.7 Å². The number of hydrogen-bond donors (Lipinski definition) is 1. The van der Waals surface area contributed by atoms with Crippen LogP contribution in [0.4, 0.5) is 0 Å². The van der Waals surface area contributed by atoms with Crippen LogP contribution in [0.1, 0.15) is 30.5 Å². The third kappa shape index (κ3) is 2.67. The van der Waals surface area contributed by atoms with Crippen molar-refractivity contribution in [3.05, 3.63) is 34.9 Å². The summed E-state index contributed by atoms with van der Waals surface area (Å²) in [5.41, 5.74) is 1.58. The molecular weight excluding hydrogens is 216 g/mol. The van der Waals surface area contributed by atoms with Gasteiger partial charge in [-0.2, -0.15) is 0 Å². The fraction of sp³-hybridized carbons (Fsp3) is 0.500. The van der Waals surface area contributed by atoms with Crippen molar-refractivity contribution in [1.29, 1.82) is 0 Å². The summed E-state index contributed by atoms with van der Waals surface area (Å²) in [5, 5.41) is 10.6. The van der Waals surface area contributed by atoms with Gasteiger partial charge in [-0.3, -0.25) is 4.79 Å². The maximum atomic E-state index is 11.5. The topological polar surface area (TPSA) is 46.5 Å². The molecule has 3 heteroatoms. The molecule has 17 heavy (non-hydrogen) atoms. The summed E-state index contributed by atoms with van der Waals surface area (Å²) in [6.07, 6.45) is 0. The predicted molar refractivity (Wildman–Crippen MR) is 66.7 cm³/mol. The van der Waals surface area contributed by atoms with Gasteiger partial charge in [-0.1, -0.05) is 23.8 Å². The molecule has 2 unspecified atom stereocenters. The van der Waals surface area contributed by atoms with Crippen LogP contribution in [0.25, 0.3) is 0 Å². The van der Waals surface area contributed by atoms with Crippen molar-refractivity contribution in [2.75, 3.05) is 7.11 Å². The number of methoxy groups -OCH3 is 1. The summed E-state index contributed by atoms with van der Waals surface area (Å²) < 4.78 is 4.69. The summed E-state index contributed by atoms with van der Waals surface area (Å²) >= 11 is 0. The predicted octanol–water partition coefficient (Wildman–Crippen LogP) is 2.32. The second-order valence-electron chi connectivity index (χ2n) is 4.71. The van der Waals surface area contributed by atoms with E-state index < -0.39 is 17.5 Å². The molecule has 0 radical (unpaired) electrons. The molecule has 0 amide bonds. The summed E-state index contributed by atoms with van der Waals surface area (Å²) in [4.78, 5) is 11.5. The first-order chi connectivity index (χ1) is 7.80. The third-order valence-corrected chi connectivity index (χ3v) is 3.34. The van der Waals surface area contributed by atoms with E-state index >= 15 is 0 Å². The number of aryl methyl sites for hydroxylation is 2. The fourth-order valence-corrected chi connectivity index (χ4v) is 1.92. The van der Waals surface area contributed by atoms with Crippen molar-refractivity contribution >= 4 is 5.97 Å². The minimum atomic E-state index is -1.22. The third-order valence-electron chi connectivity index (χ3n) is 3.34. The number of benzene rings is 1. The Morgan fingerprint density at radius 2 is 2.00 bits per heavy atom. The van der Waals surface area contributed by atoms with Gasteiger partial charge < -0.3 is 9.84 Å². The molecule has 94 valence electrons. The van der Waals surface area contributed by atoms with Gasteiger partial charge in [0.15, 0.2) is 0 Å². The number of rotatable bonds is 3. The first-order valence-electron chi connectivity index (χ1n) is 5.68. The van der Waals surface area contributed by atoms with Crippen molar-refractivity contribution in [2.45, 2.75) is 33.3 Å². The number of esters is 1. The number of carbonyl (C=O) groups excluding carboxylic acids is 1. The smallest absolute Gasteiger partial charge is 0.311 e. The zero-order valence-corrected chi connectivity index (χ0v) is 11.1. The quantitative estimate of drug-likeness (QED) is 0.819. The minimum absolute atomic E-state index is 0.407. The average Bonchev–Trinajstić information content (AvgIpc) is 2.30. The zero-order valence-electron chi connectivity index (χ0n) is 11.1. The molecule has 0 spiro atoms. The van der Waals surface area contributed by atoms with Crippen molar-refractivity contribution in [3.8, 4) is 0 Å². The summed E-state index contributed by atoms with van der Waals surface area (Å²) in [5.74, 6) is -1.01. The standard InChI is InChI=1S/C14H20O3/c1-9-6-7-10(2)12(8-9)14(4,16)11(3)13(15)17-5/h6-8,11,16H,1-5H3. The van der Waals surface area contributed by atoms with E-state index in [0.29, 0.717) is 0 Å². The Hall–Kier alpha value is -1.35. The fourth-order valence-electron chi connectivity index (χ4n) is 1.92. The summed E-state index contributed by atoms with van der Waals surface area (Å²) in [6, 6.07) is 5.84. The van der Waals surface area contributed by atoms with Gasteiger partial charge >= 0.3 is 5.97 Å². The molecule has 0 aliphatic rings. The first kappa shape index (κ1) is 13.7. The Morgan fingerprint density at radius 1 is 1.41 bits per heavy atom. The highest BCUT2D eigenvalue weighted by atomic mass is 16.5. The molecule has 0 bridgehead atoms. The Balaban J connectivity index is 3.20. The van der Waals surface area contributed by atoms with Crippen LogP contribution in [0.2, 0.25) is 0 Å². The second-order valence-corrected chi connectivity index (χ2v) is 4.71. The van der Waals surface area contributed by atoms with Crippen molar-refractivity contribution in [1.82, 2.24) is 0 Å². The molecule has 0 saturated heterocycles. The van der Waals surface area contributed by atoms with Crippen LogP contribution in [0.15, 0.2) is 18.2 Å². The van der Waals surface area contributed by atoms with Crippen LogP contribution >= 0.6 is 0 Å². The Labute approximate surface area is 102 Å². The van der Waals surface area contributed by atoms with Crippen LogP contribution in [-0.4, -0.2) is 18.2 Å². The monoisotopic (exact) mass is 236 g/mol. The van der Waals surface area contributed by atoms with E-state index in [-0.39, 0.29) is 0 Å². The van der Waals surface area contributed by atoms with Gasteiger partial charge in [-0.25, -0.2) is 0 Å². The Morgan fingerprint density at radius 3 is 2.53 bits per heavy atom. The van der Waals surface area contributed by atoms with E-state index in [9.17, 15) is 9.90 Å². The molecule has 3 nitrogen and oxygen atoms in total. The Bertz CT molecular complexity index is 421. The van der Waals surface area contributed by atoms with Crippen molar-refractivity contribution < 1.29 is 14.6 Å². The lowest BCUT2D eigenvalue weighted by Gasteiger charge is -2.30. The maximum Gasteiger partial charge on any atom is 0.311 e. The normalized spacial score (nSPS) is 16.1. The lowest BCUT2D eigenvalue weighted by molar-refractivity contribution is -0.154. The molecule has 0 aliphatic carbocycles. The molecular formula is C14H20O3. The summed E-state index contributed by atoms with van der Waals surface area (Å²) in [6.45, 7) is 7.21. The lowest BCUT2D eigenvalue weighted by atomic mass is 9.81. The van der Waals surface area contributed by atoms with E-state index in [2.05, 4.69) is 0 Å². The van der Waals surface area contributed by atoms with Gasteiger partial charge in [0.1, 0.15) is 5.60 Å². The molecule has 0 fully saturated rings. The van der Waals surface area contributed by atoms with Gasteiger partial charge in [0.05, 0.1) is 13.0 Å². The average molecular weight is 236 g/mol. The molecule has 1 aromatic carbocycles. The first-order valence-corrected chi connectivity index (χ1v) is 5.68. The van der Waals surface area contributed by atoms with Gasteiger partial charge in [0, 0.05) is 0 Å². The van der Waals surface area contributed by atoms with Crippen LogP contribution < -0.4 is 0 Å². The summed E-state index contributed by atoms with van der Waals surface area (Å²) in [7, 11) is 1.33. The molecule has 0 aliphatic heterocycles. The lowest BCUT2D eigenvalue weighted by Crippen LogP contribution is -2.36. The molecule has 2 atom stereocenters. The minimum Gasteiger partial charge on any atom is -0.469 e. The molecule has 0 saturated carbocycles. The van der Waals surface area contributed by atoms with Gasteiger partial charge in [0.25, 0.3) is 0 Å². The number of ether oxygens (including phenoxy) is 1.